The lowest BCUT2D eigenvalue weighted by Gasteiger charge is -2.13. The summed E-state index contributed by atoms with van der Waals surface area (Å²) in [7, 11) is 1.91. The number of aromatic nitrogens is 4. The number of hydrogen-bond acceptors (Lipinski definition) is 6. The van der Waals surface area contributed by atoms with Crippen molar-refractivity contribution in [3.05, 3.63) is 75.8 Å². The van der Waals surface area contributed by atoms with Crippen molar-refractivity contribution in [2.45, 2.75) is 17.0 Å². The van der Waals surface area contributed by atoms with E-state index in [1.165, 1.54) is 11.8 Å². The molecule has 0 aliphatic carbocycles. The molecule has 0 fully saturated rings. The van der Waals surface area contributed by atoms with Gasteiger partial charge < -0.3 is 14.0 Å². The van der Waals surface area contributed by atoms with Gasteiger partial charge in [-0.05, 0) is 55.5 Å². The summed E-state index contributed by atoms with van der Waals surface area (Å²) in [5, 5.41) is 2.12. The van der Waals surface area contributed by atoms with E-state index in [1.54, 1.807) is 10.8 Å². The normalized spacial score (nSPS) is 12.7. The molecule has 3 aromatic heterocycles. The number of rotatable bonds is 3. The molecule has 1 aliphatic heterocycles. The summed E-state index contributed by atoms with van der Waals surface area (Å²) in [5.74, 6) is 1.43. The molecule has 0 N–H and O–H groups in total. The number of aryl methyl sites for hydroxylation is 2. The Morgan fingerprint density at radius 2 is 1.94 bits per heavy atom. The fourth-order valence-corrected chi connectivity index (χ4v) is 5.17. The van der Waals surface area contributed by atoms with Crippen molar-refractivity contribution < 1.29 is 9.47 Å². The van der Waals surface area contributed by atoms with Gasteiger partial charge in [0.1, 0.15) is 0 Å². The molecule has 0 atom stereocenters. The maximum atomic E-state index is 13.7. The lowest BCUT2D eigenvalue weighted by Crippen LogP contribution is -2.20. The Kier molecular flexibility index (Phi) is 4.60. The van der Waals surface area contributed by atoms with Crippen LogP contribution in [0.4, 0.5) is 0 Å². The molecule has 5 aromatic rings. The molecule has 0 bridgehead atoms. The number of fused-ring (bicyclic) bond motifs is 4. The van der Waals surface area contributed by atoms with Crippen LogP contribution in [0.15, 0.2) is 69.6 Å². The van der Waals surface area contributed by atoms with E-state index in [4.69, 9.17) is 26.1 Å². The van der Waals surface area contributed by atoms with E-state index in [0.717, 1.165) is 27.2 Å². The molecule has 9 heteroatoms. The van der Waals surface area contributed by atoms with E-state index < -0.39 is 0 Å². The molecule has 0 saturated heterocycles. The van der Waals surface area contributed by atoms with Gasteiger partial charge in [0.25, 0.3) is 5.56 Å². The molecule has 0 amide bonds. The van der Waals surface area contributed by atoms with Crippen molar-refractivity contribution in [2.24, 2.45) is 7.05 Å². The second-order valence-corrected chi connectivity index (χ2v) is 9.15. The first kappa shape index (κ1) is 20.1. The Balaban J connectivity index is 1.61. The van der Waals surface area contributed by atoms with Gasteiger partial charge in [0.05, 0.1) is 22.4 Å². The van der Waals surface area contributed by atoms with Crippen LogP contribution in [0.2, 0.25) is 5.02 Å². The lowest BCUT2D eigenvalue weighted by molar-refractivity contribution is 0.174. The highest BCUT2D eigenvalue weighted by Crippen LogP contribution is 2.39. The van der Waals surface area contributed by atoms with Crippen LogP contribution in [-0.2, 0) is 7.05 Å². The minimum absolute atomic E-state index is 0.219. The fraction of sp³-hybridized carbons (Fsp3) is 0.125. The minimum Gasteiger partial charge on any atom is -0.454 e. The van der Waals surface area contributed by atoms with Crippen molar-refractivity contribution in [2.75, 3.05) is 6.79 Å². The number of pyridine rings is 2. The topological polar surface area (TPSA) is 71.2 Å². The Hall–Kier alpha value is -3.49. The molecule has 1 aliphatic rings. The van der Waals surface area contributed by atoms with Crippen LogP contribution in [0.1, 0.15) is 5.69 Å². The van der Waals surface area contributed by atoms with Crippen molar-refractivity contribution >= 4 is 45.3 Å². The number of nitrogens with zero attached hydrogens (tertiary/aromatic N) is 4. The first-order valence-electron chi connectivity index (χ1n) is 10.2. The van der Waals surface area contributed by atoms with Gasteiger partial charge in [0, 0.05) is 28.5 Å². The standard InChI is InChI=1S/C24H17ClN4O3S/c1-13-17(4-3-9-26-13)29-18-10-14(25)5-7-16(18)22-21(23(29)30)27-24(28(22)2)33-15-6-8-19-20(11-15)32-12-31-19/h3-11H,12H2,1-2H3. The second-order valence-electron chi connectivity index (χ2n) is 7.68. The van der Waals surface area contributed by atoms with Gasteiger partial charge in [-0.15, -0.1) is 0 Å². The number of halogens is 1. The highest BCUT2D eigenvalue weighted by molar-refractivity contribution is 7.99. The molecule has 0 spiro atoms. The summed E-state index contributed by atoms with van der Waals surface area (Å²) in [5.41, 5.74) is 3.08. The second kappa shape index (κ2) is 7.54. The predicted molar refractivity (Wildman–Crippen MR) is 128 cm³/mol. The molecular formula is C24H17ClN4O3S. The third-order valence-electron chi connectivity index (χ3n) is 5.69. The zero-order valence-corrected chi connectivity index (χ0v) is 19.3. The Bertz CT molecular complexity index is 1640. The van der Waals surface area contributed by atoms with Crippen LogP contribution in [0.25, 0.3) is 27.6 Å². The molecule has 33 heavy (non-hydrogen) atoms. The van der Waals surface area contributed by atoms with Crippen LogP contribution in [0.5, 0.6) is 11.5 Å². The van der Waals surface area contributed by atoms with Gasteiger partial charge in [0.2, 0.25) is 6.79 Å². The van der Waals surface area contributed by atoms with Crippen LogP contribution >= 0.6 is 23.4 Å². The lowest BCUT2D eigenvalue weighted by atomic mass is 10.1. The zero-order valence-electron chi connectivity index (χ0n) is 17.7. The molecule has 7 nitrogen and oxygen atoms in total. The van der Waals surface area contributed by atoms with Crippen molar-refractivity contribution in [1.82, 2.24) is 19.1 Å². The van der Waals surface area contributed by atoms with Gasteiger partial charge in [-0.3, -0.25) is 14.3 Å². The van der Waals surface area contributed by atoms with Crippen LogP contribution in [0.3, 0.4) is 0 Å². The number of hydrogen-bond donors (Lipinski definition) is 0. The monoisotopic (exact) mass is 476 g/mol. The van der Waals surface area contributed by atoms with E-state index in [1.807, 2.05) is 67.1 Å². The van der Waals surface area contributed by atoms with E-state index in [9.17, 15) is 4.79 Å². The minimum atomic E-state index is -0.219. The molecule has 0 unspecified atom stereocenters. The first-order valence-corrected chi connectivity index (χ1v) is 11.4. The number of benzene rings is 2. The zero-order chi connectivity index (χ0) is 22.7. The van der Waals surface area contributed by atoms with E-state index >= 15 is 0 Å². The summed E-state index contributed by atoms with van der Waals surface area (Å²) in [6.07, 6.45) is 1.71. The highest BCUT2D eigenvalue weighted by atomic mass is 35.5. The average molecular weight is 477 g/mol. The smallest absolute Gasteiger partial charge is 0.283 e. The van der Waals surface area contributed by atoms with E-state index in [-0.39, 0.29) is 12.4 Å². The summed E-state index contributed by atoms with van der Waals surface area (Å²) >= 11 is 7.80. The molecule has 2 aromatic carbocycles. The quantitative estimate of drug-likeness (QED) is 0.360. The highest BCUT2D eigenvalue weighted by Gasteiger charge is 2.21. The molecule has 4 heterocycles. The average Bonchev–Trinajstić information content (AvgIpc) is 3.40. The first-order chi connectivity index (χ1) is 16.0. The van der Waals surface area contributed by atoms with Crippen molar-refractivity contribution in [3.63, 3.8) is 0 Å². The molecule has 0 saturated carbocycles. The summed E-state index contributed by atoms with van der Waals surface area (Å²) in [6.45, 7) is 2.10. The van der Waals surface area contributed by atoms with E-state index in [0.29, 0.717) is 32.6 Å². The molecule has 164 valence electrons. The maximum absolute atomic E-state index is 13.7. The molecule has 0 radical (unpaired) electrons. The van der Waals surface area contributed by atoms with Gasteiger partial charge in [-0.25, -0.2) is 4.98 Å². The Morgan fingerprint density at radius 3 is 2.79 bits per heavy atom. The van der Waals surface area contributed by atoms with Crippen LogP contribution < -0.4 is 15.0 Å². The van der Waals surface area contributed by atoms with Gasteiger partial charge >= 0.3 is 0 Å². The van der Waals surface area contributed by atoms with E-state index in [2.05, 4.69) is 4.98 Å². The predicted octanol–water partition coefficient (Wildman–Crippen LogP) is 5.11. The third kappa shape index (κ3) is 3.17. The number of imidazole rings is 1. The summed E-state index contributed by atoms with van der Waals surface area (Å²) in [4.78, 5) is 23.8. The van der Waals surface area contributed by atoms with Gasteiger partial charge in [-0.2, -0.15) is 0 Å². The maximum Gasteiger partial charge on any atom is 0.283 e. The third-order valence-corrected chi connectivity index (χ3v) is 6.96. The van der Waals surface area contributed by atoms with Gasteiger partial charge in [0.15, 0.2) is 22.2 Å². The summed E-state index contributed by atoms with van der Waals surface area (Å²) < 4.78 is 14.5. The Labute approximate surface area is 197 Å². The molecular weight excluding hydrogens is 460 g/mol. The number of ether oxygens (including phenoxy) is 2. The van der Waals surface area contributed by atoms with Crippen molar-refractivity contribution in [3.8, 4) is 17.2 Å². The molecule has 6 rings (SSSR count). The summed E-state index contributed by atoms with van der Waals surface area (Å²) in [6, 6.07) is 15.0. The van der Waals surface area contributed by atoms with Crippen LogP contribution in [0, 0.1) is 6.92 Å². The van der Waals surface area contributed by atoms with Crippen molar-refractivity contribution in [1.29, 1.82) is 0 Å². The largest absolute Gasteiger partial charge is 0.454 e. The SMILES string of the molecule is Cc1ncccc1-n1c(=O)c2nc(Sc3ccc4c(c3)OCO4)n(C)c2c2ccc(Cl)cc21. The fourth-order valence-electron chi connectivity index (χ4n) is 4.13. The Morgan fingerprint density at radius 1 is 1.09 bits per heavy atom. The van der Waals surface area contributed by atoms with Gasteiger partial charge in [-0.1, -0.05) is 23.4 Å². The van der Waals surface area contributed by atoms with Crippen LogP contribution in [-0.4, -0.2) is 25.9 Å².